The highest BCUT2D eigenvalue weighted by Gasteiger charge is 2.31. The third kappa shape index (κ3) is 3.10. The topological polar surface area (TPSA) is 49.5 Å². The number of para-hydroxylation sites is 1. The van der Waals surface area contributed by atoms with E-state index in [4.69, 9.17) is 5.73 Å². The molecule has 3 atom stereocenters. The van der Waals surface area contributed by atoms with E-state index in [-0.39, 0.29) is 12.1 Å². The van der Waals surface area contributed by atoms with Gasteiger partial charge in [-0.2, -0.15) is 0 Å². The molecule has 0 spiro atoms. The highest BCUT2D eigenvalue weighted by Crippen LogP contribution is 2.35. The van der Waals surface area contributed by atoms with Crippen LogP contribution in [0.3, 0.4) is 0 Å². The fraction of sp³-hybridized carbons (Fsp3) is 0.625. The standard InChI is InChI=1S/C16H26N2O/c1-3-14(13-8-4-5-10-16(13)19)18-11-7-6-9-15(18)12(2)17/h4-5,8,10,12,14-15,19H,3,6-7,9,11,17H2,1-2H3. The molecule has 1 aromatic rings. The molecule has 3 heteroatoms. The van der Waals surface area contributed by atoms with Crippen molar-refractivity contribution in [2.75, 3.05) is 6.54 Å². The first-order valence-corrected chi connectivity index (χ1v) is 7.44. The van der Waals surface area contributed by atoms with Crippen molar-refractivity contribution in [2.45, 2.75) is 57.7 Å². The Morgan fingerprint density at radius 2 is 2.11 bits per heavy atom. The Labute approximate surface area is 116 Å². The summed E-state index contributed by atoms with van der Waals surface area (Å²) in [5, 5.41) is 10.1. The fourth-order valence-electron chi connectivity index (χ4n) is 3.33. The molecule has 1 aromatic carbocycles. The lowest BCUT2D eigenvalue weighted by Gasteiger charge is -2.43. The lowest BCUT2D eigenvalue weighted by Crippen LogP contribution is -2.50. The summed E-state index contributed by atoms with van der Waals surface area (Å²) in [7, 11) is 0. The van der Waals surface area contributed by atoms with Crippen molar-refractivity contribution in [1.82, 2.24) is 4.90 Å². The van der Waals surface area contributed by atoms with Crippen LogP contribution in [0.2, 0.25) is 0 Å². The molecule has 3 nitrogen and oxygen atoms in total. The van der Waals surface area contributed by atoms with Gasteiger partial charge in [-0.1, -0.05) is 31.5 Å². The maximum atomic E-state index is 10.1. The van der Waals surface area contributed by atoms with Crippen LogP contribution in [0.25, 0.3) is 0 Å². The minimum absolute atomic E-state index is 0.181. The number of hydrogen-bond donors (Lipinski definition) is 2. The first-order valence-electron chi connectivity index (χ1n) is 7.44. The van der Waals surface area contributed by atoms with Crippen LogP contribution >= 0.6 is 0 Å². The molecule has 2 rings (SSSR count). The van der Waals surface area contributed by atoms with Gasteiger partial charge in [0.2, 0.25) is 0 Å². The molecule has 0 aliphatic carbocycles. The van der Waals surface area contributed by atoms with Crippen molar-refractivity contribution in [1.29, 1.82) is 0 Å². The van der Waals surface area contributed by atoms with E-state index in [1.54, 1.807) is 6.07 Å². The number of rotatable bonds is 4. The Balaban J connectivity index is 2.27. The van der Waals surface area contributed by atoms with Gasteiger partial charge in [0.05, 0.1) is 0 Å². The summed E-state index contributed by atoms with van der Waals surface area (Å²) in [4.78, 5) is 2.50. The third-order valence-corrected chi connectivity index (χ3v) is 4.28. The summed E-state index contributed by atoms with van der Waals surface area (Å²) in [6.07, 6.45) is 4.66. The maximum absolute atomic E-state index is 10.1. The lowest BCUT2D eigenvalue weighted by molar-refractivity contribution is 0.0771. The zero-order valence-corrected chi connectivity index (χ0v) is 12.0. The molecule has 1 fully saturated rings. The molecule has 1 saturated heterocycles. The van der Waals surface area contributed by atoms with Gasteiger partial charge in [0, 0.05) is 23.7 Å². The lowest BCUT2D eigenvalue weighted by atomic mass is 9.91. The van der Waals surface area contributed by atoms with Gasteiger partial charge in [-0.15, -0.1) is 0 Å². The van der Waals surface area contributed by atoms with Gasteiger partial charge in [0.25, 0.3) is 0 Å². The van der Waals surface area contributed by atoms with Crippen LogP contribution in [0.5, 0.6) is 5.75 Å². The Morgan fingerprint density at radius 3 is 2.74 bits per heavy atom. The highest BCUT2D eigenvalue weighted by atomic mass is 16.3. The quantitative estimate of drug-likeness (QED) is 0.877. The summed E-state index contributed by atoms with van der Waals surface area (Å²) < 4.78 is 0. The van der Waals surface area contributed by atoms with Gasteiger partial charge < -0.3 is 10.8 Å². The molecule has 1 heterocycles. The number of hydrogen-bond acceptors (Lipinski definition) is 3. The highest BCUT2D eigenvalue weighted by molar-refractivity contribution is 5.34. The second-order valence-electron chi connectivity index (χ2n) is 5.64. The van der Waals surface area contributed by atoms with Crippen LogP contribution in [-0.2, 0) is 0 Å². The van der Waals surface area contributed by atoms with Crippen LogP contribution in [0.1, 0.15) is 51.1 Å². The number of nitrogens with two attached hydrogens (primary N) is 1. The molecule has 0 saturated carbocycles. The van der Waals surface area contributed by atoms with Crippen LogP contribution in [0.15, 0.2) is 24.3 Å². The van der Waals surface area contributed by atoms with E-state index in [9.17, 15) is 5.11 Å². The Morgan fingerprint density at radius 1 is 1.37 bits per heavy atom. The van der Waals surface area contributed by atoms with Gasteiger partial charge in [-0.25, -0.2) is 0 Å². The largest absolute Gasteiger partial charge is 0.508 e. The van der Waals surface area contributed by atoms with Crippen LogP contribution in [-0.4, -0.2) is 28.6 Å². The van der Waals surface area contributed by atoms with E-state index >= 15 is 0 Å². The molecule has 1 aliphatic heterocycles. The molecule has 3 N–H and O–H groups in total. The second-order valence-corrected chi connectivity index (χ2v) is 5.64. The van der Waals surface area contributed by atoms with Crippen molar-refractivity contribution in [2.24, 2.45) is 5.73 Å². The zero-order valence-electron chi connectivity index (χ0n) is 12.0. The van der Waals surface area contributed by atoms with Gasteiger partial charge >= 0.3 is 0 Å². The van der Waals surface area contributed by atoms with Crippen molar-refractivity contribution in [3.63, 3.8) is 0 Å². The molecule has 0 radical (unpaired) electrons. The van der Waals surface area contributed by atoms with Crippen molar-refractivity contribution < 1.29 is 5.11 Å². The number of aromatic hydroxyl groups is 1. The van der Waals surface area contributed by atoms with E-state index < -0.39 is 0 Å². The van der Waals surface area contributed by atoms with Crippen LogP contribution in [0, 0.1) is 0 Å². The van der Waals surface area contributed by atoms with Crippen molar-refractivity contribution in [3.8, 4) is 5.75 Å². The summed E-state index contributed by atoms with van der Waals surface area (Å²) in [6.45, 7) is 5.36. The first kappa shape index (κ1) is 14.4. The molecule has 1 aliphatic rings. The molecule has 0 bridgehead atoms. The van der Waals surface area contributed by atoms with E-state index in [2.05, 4.69) is 18.7 Å². The molecule has 0 aromatic heterocycles. The van der Waals surface area contributed by atoms with E-state index in [0.29, 0.717) is 11.8 Å². The van der Waals surface area contributed by atoms with Crippen molar-refractivity contribution >= 4 is 0 Å². The van der Waals surface area contributed by atoms with E-state index in [1.165, 1.54) is 19.3 Å². The number of phenols is 1. The van der Waals surface area contributed by atoms with Gasteiger partial charge in [-0.05, 0) is 38.8 Å². The summed E-state index contributed by atoms with van der Waals surface area (Å²) >= 11 is 0. The van der Waals surface area contributed by atoms with E-state index in [0.717, 1.165) is 18.5 Å². The van der Waals surface area contributed by atoms with Gasteiger partial charge in [0.15, 0.2) is 0 Å². The fourth-order valence-corrected chi connectivity index (χ4v) is 3.33. The Hall–Kier alpha value is -1.06. The van der Waals surface area contributed by atoms with Crippen molar-refractivity contribution in [3.05, 3.63) is 29.8 Å². The zero-order chi connectivity index (χ0) is 13.8. The number of phenolic OH excluding ortho intramolecular Hbond substituents is 1. The average molecular weight is 262 g/mol. The minimum atomic E-state index is 0.181. The Kier molecular flexibility index (Phi) is 4.83. The monoisotopic (exact) mass is 262 g/mol. The second kappa shape index (κ2) is 6.40. The summed E-state index contributed by atoms with van der Waals surface area (Å²) in [5.74, 6) is 0.406. The first-order chi connectivity index (χ1) is 9.15. The predicted molar refractivity (Wildman–Crippen MR) is 79.1 cm³/mol. The number of nitrogens with zero attached hydrogens (tertiary/aromatic N) is 1. The molecule has 3 unspecified atom stereocenters. The maximum Gasteiger partial charge on any atom is 0.120 e. The number of benzene rings is 1. The molecular weight excluding hydrogens is 236 g/mol. The average Bonchev–Trinajstić information content (AvgIpc) is 2.42. The third-order valence-electron chi connectivity index (χ3n) is 4.28. The summed E-state index contributed by atoms with van der Waals surface area (Å²) in [6, 6.07) is 8.59. The van der Waals surface area contributed by atoms with Crippen LogP contribution < -0.4 is 5.73 Å². The van der Waals surface area contributed by atoms with Crippen LogP contribution in [0.4, 0.5) is 0 Å². The van der Waals surface area contributed by atoms with Gasteiger partial charge in [-0.3, -0.25) is 4.90 Å². The number of piperidine rings is 1. The molecule has 19 heavy (non-hydrogen) atoms. The predicted octanol–water partition coefficient (Wildman–Crippen LogP) is 3.05. The molecule has 0 amide bonds. The number of likely N-dealkylation sites (tertiary alicyclic amines) is 1. The molecular formula is C16H26N2O. The summed E-state index contributed by atoms with van der Waals surface area (Å²) in [5.41, 5.74) is 7.20. The van der Waals surface area contributed by atoms with E-state index in [1.807, 2.05) is 18.2 Å². The van der Waals surface area contributed by atoms with Gasteiger partial charge in [0.1, 0.15) is 5.75 Å². The SMILES string of the molecule is CCC(c1ccccc1O)N1CCCCC1C(C)N. The normalized spacial score (nSPS) is 24.1. The smallest absolute Gasteiger partial charge is 0.120 e. The molecule has 106 valence electrons. The minimum Gasteiger partial charge on any atom is -0.508 e. The Bertz CT molecular complexity index is 405.